The molecule has 1 fully saturated rings. The summed E-state index contributed by atoms with van der Waals surface area (Å²) in [5, 5.41) is 0.466. The third-order valence-electron chi connectivity index (χ3n) is 4.65. The number of thiazole rings is 1. The Balaban J connectivity index is 0.00000320. The highest BCUT2D eigenvalue weighted by molar-refractivity contribution is 7.22. The standard InChI is InChI=1S/C19H24N4O5S.ClH/c1-21(2)9-10-22(16(26)11-23-14(24)7-8-15(23)25)19-20-17-12(27-3)5-6-13(28-4)18(17)29-19;/h5-6H,7-11H2,1-4H3;1H. The molecule has 30 heavy (non-hydrogen) atoms. The molecule has 3 amide bonds. The van der Waals surface area contributed by atoms with E-state index in [2.05, 4.69) is 4.98 Å². The molecule has 0 N–H and O–H groups in total. The smallest absolute Gasteiger partial charge is 0.248 e. The number of rotatable bonds is 8. The SMILES string of the molecule is COc1ccc(OC)c2sc(N(CCN(C)C)C(=O)CN3C(=O)CCC3=O)nc12.Cl. The first kappa shape index (κ1) is 23.8. The number of halogens is 1. The first-order chi connectivity index (χ1) is 13.8. The molecule has 164 valence electrons. The number of nitrogens with zero attached hydrogens (tertiary/aromatic N) is 4. The molecule has 11 heteroatoms. The zero-order valence-corrected chi connectivity index (χ0v) is 19.0. The molecule has 0 radical (unpaired) electrons. The van der Waals surface area contributed by atoms with Gasteiger partial charge in [-0.3, -0.25) is 24.2 Å². The van der Waals surface area contributed by atoms with Gasteiger partial charge >= 0.3 is 0 Å². The van der Waals surface area contributed by atoms with Gasteiger partial charge in [-0.1, -0.05) is 11.3 Å². The van der Waals surface area contributed by atoms with Crippen LogP contribution in [-0.2, 0) is 14.4 Å². The summed E-state index contributed by atoms with van der Waals surface area (Å²) in [6, 6.07) is 3.55. The molecule has 0 bridgehead atoms. The number of anilines is 1. The van der Waals surface area contributed by atoms with Crippen LogP contribution in [0.4, 0.5) is 5.13 Å². The van der Waals surface area contributed by atoms with Crippen LogP contribution in [0, 0.1) is 0 Å². The van der Waals surface area contributed by atoms with Gasteiger partial charge in [-0.25, -0.2) is 4.98 Å². The van der Waals surface area contributed by atoms with Crippen molar-refractivity contribution < 1.29 is 23.9 Å². The number of likely N-dealkylation sites (tertiary alicyclic amines) is 1. The van der Waals surface area contributed by atoms with Crippen molar-refractivity contribution in [3.8, 4) is 11.5 Å². The lowest BCUT2D eigenvalue weighted by atomic mass is 10.3. The number of carbonyl (C=O) groups excluding carboxylic acids is 3. The van der Waals surface area contributed by atoms with E-state index >= 15 is 0 Å². The molecule has 0 atom stereocenters. The Bertz CT molecular complexity index is 891. The topological polar surface area (TPSA) is 92.3 Å². The fraction of sp³-hybridized carbons (Fsp3) is 0.474. The molecule has 9 nitrogen and oxygen atoms in total. The molecule has 1 aromatic carbocycles. The maximum atomic E-state index is 13.1. The number of amides is 3. The molecular formula is C19H25ClN4O5S. The molecule has 0 aliphatic carbocycles. The first-order valence-electron chi connectivity index (χ1n) is 9.15. The van der Waals surface area contributed by atoms with E-state index in [-0.39, 0.29) is 49.5 Å². The minimum atomic E-state index is -0.354. The Labute approximate surface area is 184 Å². The van der Waals surface area contributed by atoms with Crippen LogP contribution in [0.3, 0.4) is 0 Å². The second-order valence-corrected chi connectivity index (χ2v) is 7.84. The van der Waals surface area contributed by atoms with Crippen molar-refractivity contribution in [1.82, 2.24) is 14.8 Å². The van der Waals surface area contributed by atoms with Crippen LogP contribution in [-0.4, -0.2) is 80.5 Å². The van der Waals surface area contributed by atoms with Gasteiger partial charge in [0, 0.05) is 25.9 Å². The van der Waals surface area contributed by atoms with E-state index in [1.807, 2.05) is 19.0 Å². The Morgan fingerprint density at radius 2 is 1.70 bits per heavy atom. The summed E-state index contributed by atoms with van der Waals surface area (Å²) in [4.78, 5) is 46.0. The van der Waals surface area contributed by atoms with Crippen LogP contribution in [0.5, 0.6) is 11.5 Å². The lowest BCUT2D eigenvalue weighted by molar-refractivity contribution is -0.141. The number of methoxy groups -OCH3 is 2. The number of aromatic nitrogens is 1. The summed E-state index contributed by atoms with van der Waals surface area (Å²) in [5.41, 5.74) is 0.600. The van der Waals surface area contributed by atoms with Crippen molar-refractivity contribution in [3.05, 3.63) is 12.1 Å². The van der Waals surface area contributed by atoms with Gasteiger partial charge in [0.15, 0.2) is 5.13 Å². The van der Waals surface area contributed by atoms with E-state index in [9.17, 15) is 14.4 Å². The summed E-state index contributed by atoms with van der Waals surface area (Å²) < 4.78 is 11.6. The van der Waals surface area contributed by atoms with E-state index in [0.717, 1.165) is 9.60 Å². The Hall–Kier alpha value is -2.43. The van der Waals surface area contributed by atoms with E-state index < -0.39 is 0 Å². The molecule has 2 aromatic rings. The second-order valence-electron chi connectivity index (χ2n) is 6.87. The van der Waals surface area contributed by atoms with Crippen molar-refractivity contribution in [1.29, 1.82) is 0 Å². The normalized spacial score (nSPS) is 13.7. The van der Waals surface area contributed by atoms with Gasteiger partial charge in [0.1, 0.15) is 28.3 Å². The quantitative estimate of drug-likeness (QED) is 0.559. The predicted molar refractivity (Wildman–Crippen MR) is 117 cm³/mol. The van der Waals surface area contributed by atoms with Crippen molar-refractivity contribution in [2.75, 3.05) is 52.8 Å². The average molecular weight is 457 g/mol. The summed E-state index contributed by atoms with van der Waals surface area (Å²) in [7, 11) is 6.93. The van der Waals surface area contributed by atoms with Crippen LogP contribution in [0.2, 0.25) is 0 Å². The highest BCUT2D eigenvalue weighted by atomic mass is 35.5. The Morgan fingerprint density at radius 1 is 1.10 bits per heavy atom. The third kappa shape index (κ3) is 4.82. The molecule has 1 aromatic heterocycles. The Morgan fingerprint density at radius 3 is 2.27 bits per heavy atom. The molecule has 1 aliphatic rings. The van der Waals surface area contributed by atoms with Crippen LogP contribution >= 0.6 is 23.7 Å². The van der Waals surface area contributed by atoms with E-state index in [4.69, 9.17) is 9.47 Å². The summed E-state index contributed by atoms with van der Waals surface area (Å²) in [6.07, 6.45) is 0.304. The number of likely N-dealkylation sites (N-methyl/N-ethyl adjacent to an activating group) is 1. The van der Waals surface area contributed by atoms with Gasteiger partial charge in [0.25, 0.3) is 0 Å². The number of benzene rings is 1. The van der Waals surface area contributed by atoms with E-state index in [1.165, 1.54) is 16.2 Å². The van der Waals surface area contributed by atoms with Gasteiger partial charge in [-0.15, -0.1) is 12.4 Å². The number of carbonyl (C=O) groups is 3. The number of hydrogen-bond donors (Lipinski definition) is 0. The maximum absolute atomic E-state index is 13.1. The second kappa shape index (κ2) is 10.1. The van der Waals surface area contributed by atoms with Crippen LogP contribution < -0.4 is 14.4 Å². The molecule has 0 spiro atoms. The van der Waals surface area contributed by atoms with E-state index in [1.54, 1.807) is 26.4 Å². The third-order valence-corrected chi connectivity index (χ3v) is 5.74. The zero-order chi connectivity index (χ0) is 21.1. The van der Waals surface area contributed by atoms with Gasteiger partial charge in [0.05, 0.1) is 14.2 Å². The van der Waals surface area contributed by atoms with Crippen LogP contribution in [0.25, 0.3) is 10.2 Å². The molecule has 3 rings (SSSR count). The molecule has 0 unspecified atom stereocenters. The Kier molecular flexibility index (Phi) is 7.99. The maximum Gasteiger partial charge on any atom is 0.248 e. The summed E-state index contributed by atoms with van der Waals surface area (Å²) >= 11 is 1.31. The molecule has 1 aliphatic heterocycles. The molecule has 2 heterocycles. The van der Waals surface area contributed by atoms with Gasteiger partial charge in [-0.05, 0) is 26.2 Å². The molecule has 0 saturated carbocycles. The monoisotopic (exact) mass is 456 g/mol. The summed E-state index contributed by atoms with van der Waals surface area (Å²) in [5.74, 6) is 0.224. The van der Waals surface area contributed by atoms with Crippen molar-refractivity contribution in [2.45, 2.75) is 12.8 Å². The molecular weight excluding hydrogens is 432 g/mol. The largest absolute Gasteiger partial charge is 0.495 e. The van der Waals surface area contributed by atoms with Crippen molar-refractivity contribution in [3.63, 3.8) is 0 Å². The van der Waals surface area contributed by atoms with Crippen molar-refractivity contribution in [2.24, 2.45) is 0 Å². The lowest BCUT2D eigenvalue weighted by Crippen LogP contribution is -2.44. The van der Waals surface area contributed by atoms with Gasteiger partial charge in [-0.2, -0.15) is 0 Å². The predicted octanol–water partition coefficient (Wildman–Crippen LogP) is 1.78. The number of fused-ring (bicyclic) bond motifs is 1. The van der Waals surface area contributed by atoms with Crippen molar-refractivity contribution >= 4 is 56.8 Å². The summed E-state index contributed by atoms with van der Waals surface area (Å²) in [6.45, 7) is 0.680. The fourth-order valence-corrected chi connectivity index (χ4v) is 4.15. The highest BCUT2D eigenvalue weighted by Gasteiger charge is 2.33. The van der Waals surface area contributed by atoms with E-state index in [0.29, 0.717) is 35.2 Å². The van der Waals surface area contributed by atoms with Gasteiger partial charge in [0.2, 0.25) is 17.7 Å². The highest BCUT2D eigenvalue weighted by Crippen LogP contribution is 2.40. The minimum absolute atomic E-state index is 0. The average Bonchev–Trinajstić information content (AvgIpc) is 3.26. The minimum Gasteiger partial charge on any atom is -0.495 e. The number of imide groups is 1. The number of hydrogen-bond acceptors (Lipinski definition) is 8. The molecule has 1 saturated heterocycles. The fourth-order valence-electron chi connectivity index (χ4n) is 3.04. The number of ether oxygens (including phenoxy) is 2. The first-order valence-corrected chi connectivity index (χ1v) is 9.97. The van der Waals surface area contributed by atoms with Crippen LogP contribution in [0.15, 0.2) is 12.1 Å². The van der Waals surface area contributed by atoms with Crippen LogP contribution in [0.1, 0.15) is 12.8 Å². The van der Waals surface area contributed by atoms with Gasteiger partial charge < -0.3 is 14.4 Å². The zero-order valence-electron chi connectivity index (χ0n) is 17.3. The lowest BCUT2D eigenvalue weighted by Gasteiger charge is -2.24.